The van der Waals surface area contributed by atoms with Crippen LogP contribution in [0, 0.1) is 16.0 Å². The molecule has 1 aliphatic rings. The molecule has 1 N–H and O–H groups in total. The molecular weight excluding hydrogens is 333 g/mol. The molecule has 22 heavy (non-hydrogen) atoms. The molecule has 0 bridgehead atoms. The van der Waals surface area contributed by atoms with Crippen LogP contribution in [0.3, 0.4) is 0 Å². The standard InChI is InChI=1S/C13H13Cl2N3O4/c14-10-6-9(18(21)22)1-2-11(10)16-3-4-17-7-8(13(15)20)5-12(17)19/h1-2,6,8,16H,3-5,7H2/t8-/m1/s1. The Labute approximate surface area is 136 Å². The first-order valence-corrected chi connectivity index (χ1v) is 7.29. The number of nitro benzene ring substituents is 1. The van der Waals surface area contributed by atoms with Crippen molar-refractivity contribution >= 4 is 45.7 Å². The van der Waals surface area contributed by atoms with Gasteiger partial charge in [0.05, 0.1) is 21.6 Å². The van der Waals surface area contributed by atoms with Crippen LogP contribution >= 0.6 is 23.2 Å². The number of halogens is 2. The summed E-state index contributed by atoms with van der Waals surface area (Å²) in [7, 11) is 0. The summed E-state index contributed by atoms with van der Waals surface area (Å²) in [5.41, 5.74) is 0.456. The average molecular weight is 346 g/mol. The van der Waals surface area contributed by atoms with E-state index in [1.165, 1.54) is 18.2 Å². The number of benzene rings is 1. The fourth-order valence-electron chi connectivity index (χ4n) is 2.23. The molecular formula is C13H13Cl2N3O4. The van der Waals surface area contributed by atoms with Gasteiger partial charge >= 0.3 is 0 Å². The van der Waals surface area contributed by atoms with Gasteiger partial charge in [0.25, 0.3) is 5.69 Å². The highest BCUT2D eigenvalue weighted by atomic mass is 35.5. The summed E-state index contributed by atoms with van der Waals surface area (Å²) in [5, 5.41) is 13.4. The van der Waals surface area contributed by atoms with Crippen molar-refractivity contribution in [2.24, 2.45) is 5.92 Å². The van der Waals surface area contributed by atoms with Crippen LogP contribution in [0.2, 0.25) is 5.02 Å². The smallest absolute Gasteiger partial charge is 0.271 e. The van der Waals surface area contributed by atoms with Gasteiger partial charge in [-0.05, 0) is 17.7 Å². The Balaban J connectivity index is 1.88. The van der Waals surface area contributed by atoms with Crippen molar-refractivity contribution in [3.05, 3.63) is 33.3 Å². The molecule has 0 radical (unpaired) electrons. The fourth-order valence-corrected chi connectivity index (χ4v) is 2.61. The third-order valence-electron chi connectivity index (χ3n) is 3.40. The molecule has 0 spiro atoms. The summed E-state index contributed by atoms with van der Waals surface area (Å²) >= 11 is 11.4. The number of nitrogens with one attached hydrogen (secondary N) is 1. The van der Waals surface area contributed by atoms with Crippen LogP contribution in [-0.2, 0) is 9.59 Å². The molecule has 2 rings (SSSR count). The van der Waals surface area contributed by atoms with Crippen LogP contribution in [0.25, 0.3) is 0 Å². The molecule has 1 fully saturated rings. The number of amides is 1. The zero-order chi connectivity index (χ0) is 16.3. The minimum Gasteiger partial charge on any atom is -0.382 e. The van der Waals surface area contributed by atoms with E-state index < -0.39 is 16.1 Å². The second kappa shape index (κ2) is 6.93. The van der Waals surface area contributed by atoms with Crippen molar-refractivity contribution in [1.29, 1.82) is 0 Å². The Hall–Kier alpha value is -1.86. The Morgan fingerprint density at radius 3 is 2.77 bits per heavy atom. The van der Waals surface area contributed by atoms with E-state index in [0.29, 0.717) is 25.3 Å². The molecule has 1 heterocycles. The second-order valence-electron chi connectivity index (χ2n) is 4.89. The molecule has 0 saturated carbocycles. The molecule has 1 amide bonds. The van der Waals surface area contributed by atoms with Crippen LogP contribution in [-0.4, -0.2) is 40.6 Å². The van der Waals surface area contributed by atoms with E-state index in [2.05, 4.69) is 5.32 Å². The Morgan fingerprint density at radius 2 is 2.23 bits per heavy atom. The summed E-state index contributed by atoms with van der Waals surface area (Å²) in [4.78, 5) is 34.4. The number of likely N-dealkylation sites (tertiary alicyclic amines) is 1. The summed E-state index contributed by atoms with van der Waals surface area (Å²) in [6, 6.07) is 4.11. The van der Waals surface area contributed by atoms with Crippen LogP contribution in [0.15, 0.2) is 18.2 Å². The molecule has 9 heteroatoms. The molecule has 1 aliphatic heterocycles. The highest BCUT2D eigenvalue weighted by Gasteiger charge is 2.32. The SMILES string of the molecule is O=C(Cl)[C@@H]1CC(=O)N(CCNc2ccc([N+](=O)[O-])cc2Cl)C1. The van der Waals surface area contributed by atoms with Crippen molar-refractivity contribution < 1.29 is 14.5 Å². The molecule has 0 unspecified atom stereocenters. The topological polar surface area (TPSA) is 92.6 Å². The predicted molar refractivity (Wildman–Crippen MR) is 82.1 cm³/mol. The summed E-state index contributed by atoms with van der Waals surface area (Å²) in [5.74, 6) is -0.562. The summed E-state index contributed by atoms with van der Waals surface area (Å²) in [6.07, 6.45) is 0.140. The minimum atomic E-state index is -0.526. The molecule has 1 saturated heterocycles. The fraction of sp³-hybridized carbons (Fsp3) is 0.385. The number of nitrogens with zero attached hydrogens (tertiary/aromatic N) is 2. The van der Waals surface area contributed by atoms with Crippen molar-refractivity contribution in [3.63, 3.8) is 0 Å². The zero-order valence-electron chi connectivity index (χ0n) is 11.4. The molecule has 1 atom stereocenters. The highest BCUT2D eigenvalue weighted by molar-refractivity contribution is 6.64. The van der Waals surface area contributed by atoms with Gasteiger partial charge in [0.15, 0.2) is 0 Å². The summed E-state index contributed by atoms with van der Waals surface area (Å²) < 4.78 is 0. The van der Waals surface area contributed by atoms with E-state index in [1.807, 2.05) is 0 Å². The van der Waals surface area contributed by atoms with Gasteiger partial charge in [-0.15, -0.1) is 0 Å². The maximum atomic E-state index is 11.7. The Bertz CT molecular complexity index is 623. The second-order valence-corrected chi connectivity index (χ2v) is 5.67. The Kier molecular flexibility index (Phi) is 5.20. The zero-order valence-corrected chi connectivity index (χ0v) is 12.9. The minimum absolute atomic E-state index is 0.0891. The van der Waals surface area contributed by atoms with Gasteiger partial charge in [0.1, 0.15) is 0 Å². The first kappa shape index (κ1) is 16.5. The lowest BCUT2D eigenvalue weighted by atomic mass is 10.1. The van der Waals surface area contributed by atoms with Crippen LogP contribution < -0.4 is 5.32 Å². The van der Waals surface area contributed by atoms with E-state index in [4.69, 9.17) is 23.2 Å². The first-order valence-electron chi connectivity index (χ1n) is 6.53. The molecule has 0 aliphatic carbocycles. The van der Waals surface area contributed by atoms with Crippen molar-refractivity contribution in [1.82, 2.24) is 4.90 Å². The van der Waals surface area contributed by atoms with E-state index in [9.17, 15) is 19.7 Å². The van der Waals surface area contributed by atoms with E-state index in [1.54, 1.807) is 4.90 Å². The van der Waals surface area contributed by atoms with E-state index in [-0.39, 0.29) is 23.0 Å². The number of rotatable bonds is 6. The van der Waals surface area contributed by atoms with E-state index in [0.717, 1.165) is 0 Å². The normalized spacial score (nSPS) is 17.6. The molecule has 7 nitrogen and oxygen atoms in total. The maximum Gasteiger partial charge on any atom is 0.271 e. The number of nitro groups is 1. The predicted octanol–water partition coefficient (Wildman–Crippen LogP) is 2.27. The van der Waals surface area contributed by atoms with Gasteiger partial charge in [-0.2, -0.15) is 0 Å². The number of carbonyl (C=O) groups excluding carboxylic acids is 2. The van der Waals surface area contributed by atoms with Gasteiger partial charge in [0.2, 0.25) is 11.1 Å². The Morgan fingerprint density at radius 1 is 1.50 bits per heavy atom. The quantitative estimate of drug-likeness (QED) is 0.485. The van der Waals surface area contributed by atoms with Crippen LogP contribution in [0.5, 0.6) is 0 Å². The van der Waals surface area contributed by atoms with Gasteiger partial charge in [-0.1, -0.05) is 11.6 Å². The first-order chi connectivity index (χ1) is 10.4. The molecule has 0 aromatic heterocycles. The van der Waals surface area contributed by atoms with Crippen LogP contribution in [0.4, 0.5) is 11.4 Å². The van der Waals surface area contributed by atoms with Crippen molar-refractivity contribution in [3.8, 4) is 0 Å². The van der Waals surface area contributed by atoms with Gasteiger partial charge in [-0.25, -0.2) is 0 Å². The lowest BCUT2D eigenvalue weighted by Gasteiger charge is -2.17. The molecule has 1 aromatic carbocycles. The third-order valence-corrected chi connectivity index (χ3v) is 4.02. The third kappa shape index (κ3) is 3.86. The van der Waals surface area contributed by atoms with Gasteiger partial charge in [0, 0.05) is 38.2 Å². The van der Waals surface area contributed by atoms with Crippen molar-refractivity contribution in [2.45, 2.75) is 6.42 Å². The number of carbonyl (C=O) groups is 2. The summed E-state index contributed by atoms with van der Waals surface area (Å²) in [6.45, 7) is 1.12. The number of hydrogen-bond acceptors (Lipinski definition) is 5. The highest BCUT2D eigenvalue weighted by Crippen LogP contribution is 2.26. The average Bonchev–Trinajstić information content (AvgIpc) is 2.82. The lowest BCUT2D eigenvalue weighted by Crippen LogP contribution is -2.30. The monoisotopic (exact) mass is 345 g/mol. The lowest BCUT2D eigenvalue weighted by molar-refractivity contribution is -0.384. The maximum absolute atomic E-state index is 11.7. The van der Waals surface area contributed by atoms with Gasteiger partial charge in [-0.3, -0.25) is 19.7 Å². The number of non-ortho nitro benzene ring substituents is 1. The molecule has 1 aromatic rings. The number of hydrogen-bond donors (Lipinski definition) is 1. The number of anilines is 1. The largest absolute Gasteiger partial charge is 0.382 e. The van der Waals surface area contributed by atoms with Crippen molar-refractivity contribution in [2.75, 3.05) is 25.0 Å². The van der Waals surface area contributed by atoms with Crippen LogP contribution in [0.1, 0.15) is 6.42 Å². The van der Waals surface area contributed by atoms with Gasteiger partial charge < -0.3 is 10.2 Å². The molecule has 118 valence electrons. The van der Waals surface area contributed by atoms with E-state index >= 15 is 0 Å².